The molecule has 1 atom stereocenters. The van der Waals surface area contributed by atoms with Crippen molar-refractivity contribution in [2.75, 3.05) is 5.32 Å². The zero-order chi connectivity index (χ0) is 12.3. The van der Waals surface area contributed by atoms with Gasteiger partial charge in [0.05, 0.1) is 5.54 Å². The number of rotatable bonds is 3. The first-order valence-corrected chi connectivity index (χ1v) is 6.75. The maximum atomic E-state index is 4.75. The van der Waals surface area contributed by atoms with E-state index in [-0.39, 0.29) is 5.54 Å². The third-order valence-corrected chi connectivity index (χ3v) is 4.00. The fourth-order valence-corrected chi connectivity index (χ4v) is 2.93. The molecule has 1 aliphatic rings. The van der Waals surface area contributed by atoms with Crippen LogP contribution in [0.25, 0.3) is 0 Å². The highest BCUT2D eigenvalue weighted by atomic mass is 32.2. The third-order valence-electron chi connectivity index (χ3n) is 2.93. The zero-order valence-corrected chi connectivity index (χ0v) is 11.2. The van der Waals surface area contributed by atoms with E-state index >= 15 is 0 Å². The molecule has 0 bridgehead atoms. The molecule has 1 N–H and O–H groups in total. The lowest BCUT2D eigenvalue weighted by molar-refractivity contribution is 0.528. The summed E-state index contributed by atoms with van der Waals surface area (Å²) in [5.41, 5.74) is 0.976. The Morgan fingerprint density at radius 3 is 2.71 bits per heavy atom. The Balaban J connectivity index is 2.11. The Bertz CT molecular complexity index is 439. The molecule has 0 saturated carbocycles. The van der Waals surface area contributed by atoms with Crippen LogP contribution in [-0.4, -0.2) is 10.7 Å². The van der Waals surface area contributed by atoms with Crippen LogP contribution in [-0.2, 0) is 0 Å². The number of nitrogens with zero attached hydrogens (tertiary/aromatic N) is 1. The first-order valence-electron chi connectivity index (χ1n) is 5.93. The molecule has 1 aliphatic heterocycles. The summed E-state index contributed by atoms with van der Waals surface area (Å²) in [4.78, 5) is 5.89. The first-order chi connectivity index (χ1) is 8.14. The number of benzene rings is 1. The maximum absolute atomic E-state index is 4.75. The second kappa shape index (κ2) is 4.96. The molecule has 0 amide bonds. The van der Waals surface area contributed by atoms with E-state index in [4.69, 9.17) is 4.99 Å². The van der Waals surface area contributed by atoms with Crippen LogP contribution < -0.4 is 5.32 Å². The van der Waals surface area contributed by atoms with Crippen LogP contribution in [0.5, 0.6) is 0 Å². The lowest BCUT2D eigenvalue weighted by Crippen LogP contribution is -2.19. The molecular weight excluding hydrogens is 228 g/mol. The second-order valence-electron chi connectivity index (χ2n) is 4.46. The van der Waals surface area contributed by atoms with E-state index in [9.17, 15) is 0 Å². The number of para-hydroxylation sites is 1. The number of thioether (sulfide) groups is 1. The summed E-state index contributed by atoms with van der Waals surface area (Å²) in [6, 6.07) is 10.1. The summed E-state index contributed by atoms with van der Waals surface area (Å²) < 4.78 is 0. The molecular formula is C14H18N2S. The summed E-state index contributed by atoms with van der Waals surface area (Å²) in [5, 5.41) is 4.29. The summed E-state index contributed by atoms with van der Waals surface area (Å²) in [7, 11) is 0. The Morgan fingerprint density at radius 1 is 1.35 bits per heavy atom. The SMILES string of the molecule is C=C1SC(Nc2ccccc2)=NC1(C)CCC. The topological polar surface area (TPSA) is 24.4 Å². The molecule has 0 aromatic heterocycles. The van der Waals surface area contributed by atoms with Crippen LogP contribution in [0.3, 0.4) is 0 Å². The predicted molar refractivity (Wildman–Crippen MR) is 77.5 cm³/mol. The van der Waals surface area contributed by atoms with Crippen molar-refractivity contribution < 1.29 is 0 Å². The first kappa shape index (κ1) is 12.2. The van der Waals surface area contributed by atoms with Gasteiger partial charge in [-0.3, -0.25) is 4.99 Å². The number of anilines is 1. The quantitative estimate of drug-likeness (QED) is 0.861. The van der Waals surface area contributed by atoms with Crippen molar-refractivity contribution in [1.29, 1.82) is 0 Å². The van der Waals surface area contributed by atoms with Gasteiger partial charge in [0.25, 0.3) is 0 Å². The van der Waals surface area contributed by atoms with Gasteiger partial charge in [-0.2, -0.15) is 0 Å². The fourth-order valence-electron chi connectivity index (χ4n) is 1.92. The lowest BCUT2D eigenvalue weighted by atomic mass is 9.97. The normalized spacial score (nSPS) is 23.6. The van der Waals surface area contributed by atoms with Crippen molar-refractivity contribution in [3.05, 3.63) is 41.8 Å². The van der Waals surface area contributed by atoms with Gasteiger partial charge < -0.3 is 5.32 Å². The predicted octanol–water partition coefficient (Wildman–Crippen LogP) is 4.27. The third kappa shape index (κ3) is 2.72. The van der Waals surface area contributed by atoms with E-state index in [0.29, 0.717) is 0 Å². The molecule has 1 heterocycles. The van der Waals surface area contributed by atoms with E-state index in [1.807, 2.05) is 30.3 Å². The van der Waals surface area contributed by atoms with Gasteiger partial charge in [0.15, 0.2) is 5.17 Å². The molecule has 3 heteroatoms. The smallest absolute Gasteiger partial charge is 0.166 e. The van der Waals surface area contributed by atoms with Crippen molar-refractivity contribution in [3.63, 3.8) is 0 Å². The van der Waals surface area contributed by atoms with Gasteiger partial charge in [-0.15, -0.1) is 0 Å². The molecule has 17 heavy (non-hydrogen) atoms. The highest BCUT2D eigenvalue weighted by Crippen LogP contribution is 2.41. The molecule has 0 saturated heterocycles. The molecule has 1 aromatic carbocycles. The average molecular weight is 246 g/mol. The summed E-state index contributed by atoms with van der Waals surface area (Å²) >= 11 is 1.65. The van der Waals surface area contributed by atoms with Gasteiger partial charge in [-0.05, 0) is 25.5 Å². The second-order valence-corrected chi connectivity index (χ2v) is 5.54. The Morgan fingerprint density at radius 2 is 2.06 bits per heavy atom. The highest BCUT2D eigenvalue weighted by molar-refractivity contribution is 8.17. The van der Waals surface area contributed by atoms with Crippen LogP contribution >= 0.6 is 11.8 Å². The molecule has 2 nitrogen and oxygen atoms in total. The number of aliphatic imine (C=N–C) groups is 1. The molecule has 0 radical (unpaired) electrons. The average Bonchev–Trinajstić information content (AvgIpc) is 2.56. The van der Waals surface area contributed by atoms with Crippen molar-refractivity contribution in [1.82, 2.24) is 0 Å². The Hall–Kier alpha value is -1.22. The van der Waals surface area contributed by atoms with Gasteiger partial charge in [-0.25, -0.2) is 0 Å². The lowest BCUT2D eigenvalue weighted by Gasteiger charge is -2.19. The minimum Gasteiger partial charge on any atom is -0.335 e. The molecule has 1 aromatic rings. The van der Waals surface area contributed by atoms with Crippen LogP contribution in [0, 0.1) is 0 Å². The zero-order valence-electron chi connectivity index (χ0n) is 10.4. The minimum atomic E-state index is -0.101. The highest BCUT2D eigenvalue weighted by Gasteiger charge is 2.33. The van der Waals surface area contributed by atoms with Crippen molar-refractivity contribution in [3.8, 4) is 0 Å². The van der Waals surface area contributed by atoms with E-state index in [1.165, 1.54) is 0 Å². The van der Waals surface area contributed by atoms with Crippen LogP contribution in [0.15, 0.2) is 46.8 Å². The maximum Gasteiger partial charge on any atom is 0.166 e. The Labute approximate surface area is 107 Å². The summed E-state index contributed by atoms with van der Waals surface area (Å²) in [5.74, 6) is 0. The monoisotopic (exact) mass is 246 g/mol. The van der Waals surface area contributed by atoms with Crippen LogP contribution in [0.1, 0.15) is 26.7 Å². The standard InChI is InChI=1S/C14H18N2S/c1-4-10-14(3)11(2)17-13(16-14)15-12-8-6-5-7-9-12/h5-9H,2,4,10H2,1,3H3,(H,15,16). The minimum absolute atomic E-state index is 0.101. The summed E-state index contributed by atoms with van der Waals surface area (Å²) in [6.07, 6.45) is 2.18. The number of amidine groups is 1. The summed E-state index contributed by atoms with van der Waals surface area (Å²) in [6.45, 7) is 8.47. The van der Waals surface area contributed by atoms with Crippen molar-refractivity contribution >= 4 is 22.6 Å². The fraction of sp³-hybridized carbons (Fsp3) is 0.357. The number of nitrogens with one attached hydrogen (secondary N) is 1. The molecule has 0 aliphatic carbocycles. The molecule has 1 unspecified atom stereocenters. The van der Waals surface area contributed by atoms with Gasteiger partial charge in [0.1, 0.15) is 0 Å². The van der Waals surface area contributed by atoms with E-state index in [1.54, 1.807) is 11.8 Å². The van der Waals surface area contributed by atoms with E-state index in [2.05, 4.69) is 25.7 Å². The molecule has 2 rings (SSSR count). The van der Waals surface area contributed by atoms with E-state index < -0.39 is 0 Å². The van der Waals surface area contributed by atoms with Gasteiger partial charge >= 0.3 is 0 Å². The van der Waals surface area contributed by atoms with Gasteiger partial charge in [-0.1, -0.05) is 49.9 Å². The Kier molecular flexibility index (Phi) is 3.57. The molecule has 0 spiro atoms. The van der Waals surface area contributed by atoms with Gasteiger partial charge in [0.2, 0.25) is 0 Å². The van der Waals surface area contributed by atoms with Crippen molar-refractivity contribution in [2.24, 2.45) is 4.99 Å². The number of hydrogen-bond acceptors (Lipinski definition) is 3. The molecule has 0 fully saturated rings. The van der Waals surface area contributed by atoms with Crippen LogP contribution in [0.2, 0.25) is 0 Å². The largest absolute Gasteiger partial charge is 0.335 e. The molecule has 90 valence electrons. The van der Waals surface area contributed by atoms with Crippen molar-refractivity contribution in [2.45, 2.75) is 32.2 Å². The van der Waals surface area contributed by atoms with E-state index in [0.717, 1.165) is 28.6 Å². The van der Waals surface area contributed by atoms with Crippen LogP contribution in [0.4, 0.5) is 5.69 Å². The number of hydrogen-bond donors (Lipinski definition) is 1. The van der Waals surface area contributed by atoms with Gasteiger partial charge in [0, 0.05) is 10.6 Å².